The molecule has 0 spiro atoms. The van der Waals surface area contributed by atoms with E-state index in [1.165, 1.54) is 22.2 Å². The van der Waals surface area contributed by atoms with Crippen LogP contribution in [-0.2, 0) is 65.7 Å². The molecule has 16 nitrogen and oxygen atoms in total. The van der Waals surface area contributed by atoms with Gasteiger partial charge >= 0.3 is 11.9 Å². The number of benzene rings is 12. The van der Waals surface area contributed by atoms with Crippen molar-refractivity contribution in [3.63, 3.8) is 0 Å². The number of aromatic hydroxyl groups is 2. The number of esters is 2. The van der Waals surface area contributed by atoms with E-state index in [9.17, 15) is 33.9 Å². The van der Waals surface area contributed by atoms with Gasteiger partial charge in [-0.05, 0) is 185 Å². The van der Waals surface area contributed by atoms with E-state index in [1.54, 1.807) is 56.9 Å². The first kappa shape index (κ1) is 77.9. The number of hydrogen-bond donors (Lipinski definition) is 4. The van der Waals surface area contributed by atoms with Gasteiger partial charge in [0.1, 0.15) is 40.6 Å². The molecular formula is C87H73I2N2O14W-. The minimum atomic E-state index is -0.343. The monoisotopic (exact) mass is 1810 g/mol. The first-order valence-electron chi connectivity index (χ1n) is 33.8. The fourth-order valence-corrected chi connectivity index (χ4v) is 14.2. The van der Waals surface area contributed by atoms with Crippen molar-refractivity contribution in [1.82, 2.24) is 10.6 Å². The molecule has 4 N–H and O–H groups in total. The van der Waals surface area contributed by atoms with Gasteiger partial charge in [0.25, 0.3) is 0 Å². The number of furan rings is 3. The van der Waals surface area contributed by atoms with Gasteiger partial charge in [-0.2, -0.15) is 0 Å². The first-order chi connectivity index (χ1) is 50.6. The normalized spacial score (nSPS) is 13.8. The van der Waals surface area contributed by atoms with E-state index in [-0.39, 0.29) is 82.3 Å². The second-order valence-electron chi connectivity index (χ2n) is 24.3. The van der Waals surface area contributed by atoms with Gasteiger partial charge in [-0.3, -0.25) is 34.6 Å². The molecule has 106 heavy (non-hydrogen) atoms. The number of carbonyl (C=O) groups is 6. The Morgan fingerprint density at radius 1 is 0.481 bits per heavy atom. The number of halogens is 2. The molecule has 17 rings (SSSR count). The summed E-state index contributed by atoms with van der Waals surface area (Å²) in [4.78, 5) is 69.6. The number of amides is 4. The van der Waals surface area contributed by atoms with Crippen molar-refractivity contribution < 1.29 is 87.5 Å². The van der Waals surface area contributed by atoms with Crippen molar-refractivity contribution >= 4 is 178 Å². The van der Waals surface area contributed by atoms with E-state index in [2.05, 4.69) is 74.0 Å². The number of ether oxygens (including phenoxy) is 3. The Bertz CT molecular complexity index is 5580. The predicted molar refractivity (Wildman–Crippen MR) is 430 cm³/mol. The Morgan fingerprint density at radius 3 is 1.39 bits per heavy atom. The van der Waals surface area contributed by atoms with Crippen LogP contribution in [0, 0.1) is 14.6 Å². The molecule has 12 aromatic carbocycles. The Kier molecular flexibility index (Phi) is 27.1. The molecule has 0 aliphatic carbocycles. The molecule has 19 heteroatoms. The van der Waals surface area contributed by atoms with Crippen LogP contribution in [-0.4, -0.2) is 65.6 Å². The molecule has 0 bridgehead atoms. The van der Waals surface area contributed by atoms with Gasteiger partial charge in [0, 0.05) is 72.8 Å². The van der Waals surface area contributed by atoms with Gasteiger partial charge in [-0.25, -0.2) is 4.79 Å². The molecule has 2 atom stereocenters. The van der Waals surface area contributed by atoms with Crippen molar-refractivity contribution in [2.75, 3.05) is 19.8 Å². The molecule has 2 unspecified atom stereocenters. The number of piperidine rings is 2. The third-order valence-electron chi connectivity index (χ3n) is 17.7. The van der Waals surface area contributed by atoms with Crippen LogP contribution in [0.5, 0.6) is 17.2 Å². The van der Waals surface area contributed by atoms with Crippen LogP contribution in [0.25, 0.3) is 97.5 Å². The molecule has 15 aromatic rings. The van der Waals surface area contributed by atoms with Gasteiger partial charge < -0.3 is 45.1 Å². The molecule has 0 radical (unpaired) electrons. The SMILES string of the molecule is CCOC(=O)/C=C/COc1ccc2ccccc2c1I.CCOC(=O)Cc1coc2ccc3ccccc3c12.O=C1CCC(c2coc3ccc4ccccc4c23)C(=O)N1.O=C1CCC(c2coc3ccc4ccccc4c23)C(=O)N1.Oc1ccc2ccccc2c1.Oc1ccc2ccccc2c1I.[CH3-].[W]. The third-order valence-corrected chi connectivity index (χ3v) is 19.9. The van der Waals surface area contributed by atoms with E-state index in [0.29, 0.717) is 57.0 Å². The fourth-order valence-electron chi connectivity index (χ4n) is 12.7. The molecule has 4 amide bonds. The van der Waals surface area contributed by atoms with E-state index in [0.717, 1.165) is 111 Å². The van der Waals surface area contributed by atoms with Gasteiger partial charge in [-0.1, -0.05) is 182 Å². The van der Waals surface area contributed by atoms with Crippen LogP contribution >= 0.6 is 45.2 Å². The van der Waals surface area contributed by atoms with Crippen molar-refractivity contribution in [3.8, 4) is 17.2 Å². The smallest absolute Gasteiger partial charge is 0.330 e. The number of phenolic OH excluding ortho intramolecular Hbond substituents is 2. The summed E-state index contributed by atoms with van der Waals surface area (Å²) in [5.74, 6) is -0.589. The zero-order valence-electron chi connectivity index (χ0n) is 58.0. The van der Waals surface area contributed by atoms with Crippen molar-refractivity contribution in [3.05, 3.63) is 287 Å². The molecule has 2 aliphatic rings. The Hall–Kier alpha value is -10.7. The maximum absolute atomic E-state index is 12.1. The summed E-state index contributed by atoms with van der Waals surface area (Å²) < 4.78 is 34.2. The maximum atomic E-state index is 12.1. The second kappa shape index (κ2) is 36.8. The average Bonchev–Trinajstić information content (AvgIpc) is 1.72. The van der Waals surface area contributed by atoms with Crippen molar-refractivity contribution in [1.29, 1.82) is 0 Å². The van der Waals surface area contributed by atoms with Crippen LogP contribution < -0.4 is 15.4 Å². The van der Waals surface area contributed by atoms with E-state index in [4.69, 9.17) is 32.6 Å². The molecule has 2 saturated heterocycles. The standard InChI is InChI=1S/2C17H13NO3.C16H15IO3.C16H14O3.C10H7IO.C10H8O.CH3.W/c2*19-15-8-6-12(17(20)18-15)13-9-21-14-7-5-10-3-1-2-4-11(10)16(13)14;1-2-19-15(18)8-5-11-20-14-10-9-12-6-3-4-7-13(12)16(14)17;1-2-18-15(17)9-12-10-19-14-8-7-11-5-3-4-6-13(11)16(12)14;11-10-8-4-2-1-3-7(8)5-6-9(10)12;11-10-6-5-8-3-1-2-4-9(8)7-10;;/h2*1-5,7,9,12H,6,8H2,(H,18,19,20);3-10H,2,11H2,1H3;3-8,10H,2,9H2,1H3;1-6,12H;1-7,11H;1H3;/q;;;;;;-1;/b;;8-5+;;;;;. The van der Waals surface area contributed by atoms with Gasteiger partial charge in [-0.15, -0.1) is 0 Å². The summed E-state index contributed by atoms with van der Waals surface area (Å²) in [6.07, 6.45) is 10.0. The number of hydrogen-bond acceptors (Lipinski definition) is 14. The molecule has 0 saturated carbocycles. The Morgan fingerprint density at radius 2 is 0.887 bits per heavy atom. The number of nitrogens with one attached hydrogen (secondary N) is 2. The molecule has 2 aliphatic heterocycles. The molecular weight excluding hydrogens is 1730 g/mol. The number of carbonyl (C=O) groups excluding carboxylic acids is 6. The minimum absolute atomic E-state index is 0. The van der Waals surface area contributed by atoms with Gasteiger partial charge in [0.15, 0.2) is 0 Å². The van der Waals surface area contributed by atoms with Crippen molar-refractivity contribution in [2.45, 2.75) is 57.8 Å². The summed E-state index contributed by atoms with van der Waals surface area (Å²) in [5, 5.41) is 39.8. The summed E-state index contributed by atoms with van der Waals surface area (Å²) in [7, 11) is 0. The van der Waals surface area contributed by atoms with Crippen LogP contribution in [0.2, 0.25) is 0 Å². The van der Waals surface area contributed by atoms with Crippen LogP contribution in [0.3, 0.4) is 0 Å². The Labute approximate surface area is 652 Å². The molecule has 3 aromatic heterocycles. The Balaban J connectivity index is 0.000000137. The van der Waals surface area contributed by atoms with Crippen molar-refractivity contribution in [2.24, 2.45) is 0 Å². The van der Waals surface area contributed by atoms with Crippen LogP contribution in [0.1, 0.15) is 68.1 Å². The van der Waals surface area contributed by atoms with E-state index in [1.807, 2.05) is 188 Å². The zero-order valence-corrected chi connectivity index (χ0v) is 65.3. The summed E-state index contributed by atoms with van der Waals surface area (Å²) in [5.41, 5.74) is 4.96. The topological polar surface area (TPSA) is 234 Å². The number of phenols is 2. The van der Waals surface area contributed by atoms with Crippen LogP contribution in [0.4, 0.5) is 0 Å². The quantitative estimate of drug-likeness (QED) is 0.0328. The van der Waals surface area contributed by atoms with Crippen LogP contribution in [0.15, 0.2) is 269 Å². The number of fused-ring (bicyclic) bond motifs is 12. The maximum Gasteiger partial charge on any atom is 0.330 e. The second-order valence-corrected chi connectivity index (χ2v) is 26.5. The fraction of sp³-hybridized carbons (Fsp3) is 0.138. The largest absolute Gasteiger partial charge is 0.508 e. The summed E-state index contributed by atoms with van der Waals surface area (Å²) in [6.45, 7) is 4.70. The zero-order chi connectivity index (χ0) is 72.6. The number of rotatable bonds is 10. The summed E-state index contributed by atoms with van der Waals surface area (Å²) >= 11 is 4.43. The molecule has 5 heterocycles. The average molecular weight is 1810 g/mol. The molecule has 2 fully saturated rings. The number of imide groups is 2. The minimum Gasteiger partial charge on any atom is -0.508 e. The van der Waals surface area contributed by atoms with Gasteiger partial charge in [0.05, 0.1) is 57.4 Å². The van der Waals surface area contributed by atoms with E-state index >= 15 is 0 Å². The first-order valence-corrected chi connectivity index (χ1v) is 36.0. The van der Waals surface area contributed by atoms with Gasteiger partial charge in [0.2, 0.25) is 23.6 Å². The third kappa shape index (κ3) is 18.5. The molecule has 536 valence electrons. The predicted octanol–water partition coefficient (Wildman–Crippen LogP) is 20.0. The summed E-state index contributed by atoms with van der Waals surface area (Å²) in [6, 6.07) is 73.1. The van der Waals surface area contributed by atoms with E-state index < -0.39 is 0 Å².